The summed E-state index contributed by atoms with van der Waals surface area (Å²) in [4.78, 5) is 0. The van der Waals surface area contributed by atoms with Crippen LogP contribution in [0.15, 0.2) is 12.7 Å². The molecular formula is C13H24O. The predicted octanol–water partition coefficient (Wildman–Crippen LogP) is 4.08. The SMILES string of the molecule is C=CC[C@H]1CCC[C@@H](CCCCC)O1. The maximum Gasteiger partial charge on any atom is 0.0613 e. The van der Waals surface area contributed by atoms with Crippen molar-refractivity contribution in [2.24, 2.45) is 0 Å². The molecule has 0 aromatic rings. The van der Waals surface area contributed by atoms with Crippen LogP contribution >= 0.6 is 0 Å². The zero-order valence-electron chi connectivity index (χ0n) is 9.50. The molecular weight excluding hydrogens is 172 g/mol. The number of hydrogen-bond acceptors (Lipinski definition) is 1. The van der Waals surface area contributed by atoms with E-state index in [1.165, 1.54) is 44.9 Å². The van der Waals surface area contributed by atoms with Gasteiger partial charge in [-0.05, 0) is 32.1 Å². The van der Waals surface area contributed by atoms with Crippen LogP contribution in [0.2, 0.25) is 0 Å². The molecule has 0 N–H and O–H groups in total. The topological polar surface area (TPSA) is 9.23 Å². The van der Waals surface area contributed by atoms with Crippen LogP contribution in [0.25, 0.3) is 0 Å². The molecule has 14 heavy (non-hydrogen) atoms. The van der Waals surface area contributed by atoms with E-state index in [9.17, 15) is 0 Å². The minimum absolute atomic E-state index is 0.466. The zero-order chi connectivity index (χ0) is 10.2. The molecule has 1 aliphatic heterocycles. The van der Waals surface area contributed by atoms with E-state index in [0.717, 1.165) is 6.42 Å². The fourth-order valence-corrected chi connectivity index (χ4v) is 2.18. The highest BCUT2D eigenvalue weighted by molar-refractivity contribution is 4.78. The molecule has 0 bridgehead atoms. The molecule has 82 valence electrons. The summed E-state index contributed by atoms with van der Waals surface area (Å²) < 4.78 is 6.00. The van der Waals surface area contributed by atoms with Crippen LogP contribution < -0.4 is 0 Å². The lowest BCUT2D eigenvalue weighted by Gasteiger charge is -2.29. The zero-order valence-corrected chi connectivity index (χ0v) is 9.50. The molecule has 2 atom stereocenters. The number of ether oxygens (including phenoxy) is 1. The Bertz CT molecular complexity index is 153. The van der Waals surface area contributed by atoms with E-state index in [-0.39, 0.29) is 0 Å². The van der Waals surface area contributed by atoms with Gasteiger partial charge in [-0.3, -0.25) is 0 Å². The molecule has 0 radical (unpaired) electrons. The van der Waals surface area contributed by atoms with Gasteiger partial charge in [0.15, 0.2) is 0 Å². The first-order valence-corrected chi connectivity index (χ1v) is 6.13. The largest absolute Gasteiger partial charge is 0.375 e. The molecule has 1 aliphatic rings. The first-order valence-electron chi connectivity index (χ1n) is 6.13. The maximum atomic E-state index is 6.00. The lowest BCUT2D eigenvalue weighted by molar-refractivity contribution is -0.0517. The van der Waals surface area contributed by atoms with Crippen molar-refractivity contribution in [1.82, 2.24) is 0 Å². The summed E-state index contributed by atoms with van der Waals surface area (Å²) in [5.41, 5.74) is 0. The number of hydrogen-bond donors (Lipinski definition) is 0. The fourth-order valence-electron chi connectivity index (χ4n) is 2.18. The normalized spacial score (nSPS) is 27.5. The van der Waals surface area contributed by atoms with Gasteiger partial charge in [0, 0.05) is 0 Å². The van der Waals surface area contributed by atoms with Gasteiger partial charge in [-0.1, -0.05) is 32.3 Å². The Morgan fingerprint density at radius 3 is 2.79 bits per heavy atom. The summed E-state index contributed by atoms with van der Waals surface area (Å²) in [6, 6.07) is 0. The van der Waals surface area contributed by atoms with Crippen LogP contribution in [-0.4, -0.2) is 12.2 Å². The summed E-state index contributed by atoms with van der Waals surface area (Å²) in [7, 11) is 0. The van der Waals surface area contributed by atoms with Gasteiger partial charge in [0.2, 0.25) is 0 Å². The summed E-state index contributed by atoms with van der Waals surface area (Å²) in [5, 5.41) is 0. The summed E-state index contributed by atoms with van der Waals surface area (Å²) >= 11 is 0. The van der Waals surface area contributed by atoms with Gasteiger partial charge >= 0.3 is 0 Å². The van der Waals surface area contributed by atoms with Crippen LogP contribution in [0.4, 0.5) is 0 Å². The van der Waals surface area contributed by atoms with Gasteiger partial charge in [0.25, 0.3) is 0 Å². The first kappa shape index (κ1) is 11.8. The van der Waals surface area contributed by atoms with Crippen molar-refractivity contribution in [3.63, 3.8) is 0 Å². The highest BCUT2D eigenvalue weighted by atomic mass is 16.5. The van der Waals surface area contributed by atoms with Gasteiger partial charge in [-0.2, -0.15) is 0 Å². The van der Waals surface area contributed by atoms with E-state index in [1.54, 1.807) is 0 Å². The van der Waals surface area contributed by atoms with Gasteiger partial charge in [0.1, 0.15) is 0 Å². The molecule has 0 aromatic carbocycles. The minimum atomic E-state index is 0.466. The van der Waals surface area contributed by atoms with Crippen molar-refractivity contribution in [3.8, 4) is 0 Å². The van der Waals surface area contributed by atoms with Crippen LogP contribution in [-0.2, 0) is 4.74 Å². The average molecular weight is 196 g/mol. The van der Waals surface area contributed by atoms with Gasteiger partial charge in [-0.25, -0.2) is 0 Å². The summed E-state index contributed by atoms with van der Waals surface area (Å²) in [6.07, 6.45) is 13.1. The van der Waals surface area contributed by atoms with Crippen molar-refractivity contribution < 1.29 is 4.74 Å². The van der Waals surface area contributed by atoms with Crippen LogP contribution in [0.1, 0.15) is 58.3 Å². The lowest BCUT2D eigenvalue weighted by Crippen LogP contribution is -2.27. The molecule has 0 amide bonds. The lowest BCUT2D eigenvalue weighted by atomic mass is 9.98. The molecule has 1 fully saturated rings. The van der Waals surface area contributed by atoms with Crippen molar-refractivity contribution in [1.29, 1.82) is 0 Å². The van der Waals surface area contributed by atoms with Crippen molar-refractivity contribution >= 4 is 0 Å². The quantitative estimate of drug-likeness (QED) is 0.459. The molecule has 0 spiro atoms. The van der Waals surface area contributed by atoms with Crippen LogP contribution in [0.5, 0.6) is 0 Å². The van der Waals surface area contributed by atoms with Gasteiger partial charge < -0.3 is 4.74 Å². The molecule has 1 heteroatoms. The minimum Gasteiger partial charge on any atom is -0.375 e. The Kier molecular flexibility index (Phi) is 5.93. The number of unbranched alkanes of at least 4 members (excludes halogenated alkanes) is 2. The average Bonchev–Trinajstić information content (AvgIpc) is 2.19. The van der Waals surface area contributed by atoms with Crippen molar-refractivity contribution in [2.45, 2.75) is 70.5 Å². The van der Waals surface area contributed by atoms with E-state index in [0.29, 0.717) is 12.2 Å². The van der Waals surface area contributed by atoms with E-state index in [1.807, 2.05) is 6.08 Å². The molecule has 0 aliphatic carbocycles. The van der Waals surface area contributed by atoms with Gasteiger partial charge in [0.05, 0.1) is 12.2 Å². The Morgan fingerprint density at radius 1 is 1.29 bits per heavy atom. The fraction of sp³-hybridized carbons (Fsp3) is 0.846. The maximum absolute atomic E-state index is 6.00. The molecule has 0 aromatic heterocycles. The third kappa shape index (κ3) is 4.28. The molecule has 0 saturated carbocycles. The molecule has 1 heterocycles. The van der Waals surface area contributed by atoms with Crippen LogP contribution in [0.3, 0.4) is 0 Å². The molecule has 1 nitrogen and oxygen atoms in total. The smallest absolute Gasteiger partial charge is 0.0613 e. The Hall–Kier alpha value is -0.300. The monoisotopic (exact) mass is 196 g/mol. The second-order valence-electron chi connectivity index (χ2n) is 4.33. The third-order valence-corrected chi connectivity index (χ3v) is 3.00. The first-order chi connectivity index (χ1) is 6.86. The Labute approximate surface area is 88.5 Å². The standard InChI is InChI=1S/C13H24O/c1-3-5-6-9-13-11-7-10-12(14-13)8-4-2/h4,12-13H,2-3,5-11H2,1H3/t12-,13+/m0/s1. The predicted molar refractivity (Wildman–Crippen MR) is 61.5 cm³/mol. The molecule has 1 rings (SSSR count). The van der Waals surface area contributed by atoms with E-state index in [2.05, 4.69) is 13.5 Å². The van der Waals surface area contributed by atoms with E-state index < -0.39 is 0 Å². The molecule has 0 unspecified atom stereocenters. The Morgan fingerprint density at radius 2 is 2.07 bits per heavy atom. The Balaban J connectivity index is 2.15. The second-order valence-corrected chi connectivity index (χ2v) is 4.33. The highest BCUT2D eigenvalue weighted by Gasteiger charge is 2.20. The third-order valence-electron chi connectivity index (χ3n) is 3.00. The van der Waals surface area contributed by atoms with E-state index in [4.69, 9.17) is 4.74 Å². The number of rotatable bonds is 6. The van der Waals surface area contributed by atoms with Crippen molar-refractivity contribution in [2.75, 3.05) is 0 Å². The van der Waals surface area contributed by atoms with Gasteiger partial charge in [-0.15, -0.1) is 6.58 Å². The second kappa shape index (κ2) is 7.05. The molecule has 1 saturated heterocycles. The van der Waals surface area contributed by atoms with Crippen LogP contribution in [0, 0.1) is 0 Å². The summed E-state index contributed by atoms with van der Waals surface area (Å²) in [5.74, 6) is 0. The summed E-state index contributed by atoms with van der Waals surface area (Å²) in [6.45, 7) is 6.03. The van der Waals surface area contributed by atoms with Crippen molar-refractivity contribution in [3.05, 3.63) is 12.7 Å². The van der Waals surface area contributed by atoms with E-state index >= 15 is 0 Å². The highest BCUT2D eigenvalue weighted by Crippen LogP contribution is 2.24.